The molecular formula is C20H27NO6. The third-order valence-electron chi connectivity index (χ3n) is 4.87. The molecule has 1 saturated heterocycles. The van der Waals surface area contributed by atoms with Crippen molar-refractivity contribution < 1.29 is 29.9 Å². The Hall–Kier alpha value is -1.74. The van der Waals surface area contributed by atoms with Gasteiger partial charge in [0.25, 0.3) is 0 Å². The SMILES string of the molecule is CN(C)CCc1cccc2cccc(O[C@@H]3O[C@H](CO)[C@@H](O)[C@@H](O)[C@H]3O)c12. The number of rotatable bonds is 6. The highest BCUT2D eigenvalue weighted by Crippen LogP contribution is 2.32. The molecule has 2 aromatic carbocycles. The van der Waals surface area contributed by atoms with E-state index in [0.717, 1.165) is 29.3 Å². The van der Waals surface area contributed by atoms with Crippen LogP contribution in [0, 0.1) is 0 Å². The fourth-order valence-corrected chi connectivity index (χ4v) is 3.32. The summed E-state index contributed by atoms with van der Waals surface area (Å²) < 4.78 is 11.4. The van der Waals surface area contributed by atoms with Crippen LogP contribution in [0.2, 0.25) is 0 Å². The van der Waals surface area contributed by atoms with Crippen LogP contribution in [0.15, 0.2) is 36.4 Å². The Bertz CT molecular complexity index is 760. The smallest absolute Gasteiger partial charge is 0.229 e. The lowest BCUT2D eigenvalue weighted by atomic mass is 9.99. The molecule has 1 aliphatic heterocycles. The molecule has 7 heteroatoms. The summed E-state index contributed by atoms with van der Waals surface area (Å²) in [5, 5.41) is 41.4. The topological polar surface area (TPSA) is 103 Å². The van der Waals surface area contributed by atoms with Gasteiger partial charge in [-0.05, 0) is 37.5 Å². The second kappa shape index (κ2) is 8.52. The Morgan fingerprint density at radius 3 is 2.37 bits per heavy atom. The first-order chi connectivity index (χ1) is 12.9. The fraction of sp³-hybridized carbons (Fsp3) is 0.500. The van der Waals surface area contributed by atoms with Crippen molar-refractivity contribution in [1.29, 1.82) is 0 Å². The highest BCUT2D eigenvalue weighted by Gasteiger charge is 2.44. The molecule has 0 unspecified atom stereocenters. The van der Waals surface area contributed by atoms with Gasteiger partial charge in [0, 0.05) is 11.9 Å². The zero-order chi connectivity index (χ0) is 19.6. The maximum atomic E-state index is 10.3. The molecule has 1 heterocycles. The second-order valence-electron chi connectivity index (χ2n) is 7.14. The Balaban J connectivity index is 1.92. The number of hydrogen-bond donors (Lipinski definition) is 4. The third-order valence-corrected chi connectivity index (χ3v) is 4.87. The van der Waals surface area contributed by atoms with Crippen LogP contribution < -0.4 is 4.74 Å². The monoisotopic (exact) mass is 377 g/mol. The predicted molar refractivity (Wildman–Crippen MR) is 101 cm³/mol. The molecule has 0 bridgehead atoms. The maximum Gasteiger partial charge on any atom is 0.229 e. The Kier molecular flexibility index (Phi) is 6.31. The van der Waals surface area contributed by atoms with Crippen molar-refractivity contribution in [2.45, 2.75) is 37.1 Å². The molecule has 5 atom stereocenters. The molecule has 4 N–H and O–H groups in total. The summed E-state index contributed by atoms with van der Waals surface area (Å²) >= 11 is 0. The van der Waals surface area contributed by atoms with E-state index < -0.39 is 37.3 Å². The van der Waals surface area contributed by atoms with E-state index in [0.29, 0.717) is 5.75 Å². The van der Waals surface area contributed by atoms with Crippen LogP contribution in [0.3, 0.4) is 0 Å². The summed E-state index contributed by atoms with van der Waals surface area (Å²) in [6, 6.07) is 11.6. The van der Waals surface area contributed by atoms with Crippen molar-refractivity contribution >= 4 is 10.8 Å². The minimum absolute atomic E-state index is 0.492. The summed E-state index contributed by atoms with van der Waals surface area (Å²) in [4.78, 5) is 2.10. The molecular weight excluding hydrogens is 350 g/mol. The number of benzene rings is 2. The molecule has 1 aliphatic rings. The average Bonchev–Trinajstić information content (AvgIpc) is 2.66. The number of likely N-dealkylation sites (N-methyl/N-ethyl adjacent to an activating group) is 1. The molecule has 0 amide bonds. The van der Waals surface area contributed by atoms with Gasteiger partial charge < -0.3 is 34.8 Å². The van der Waals surface area contributed by atoms with Gasteiger partial charge in [-0.25, -0.2) is 0 Å². The Morgan fingerprint density at radius 1 is 1.00 bits per heavy atom. The number of aliphatic hydroxyl groups excluding tert-OH is 4. The van der Waals surface area contributed by atoms with Gasteiger partial charge in [-0.3, -0.25) is 0 Å². The highest BCUT2D eigenvalue weighted by atomic mass is 16.7. The Labute approximate surface area is 158 Å². The van der Waals surface area contributed by atoms with E-state index in [2.05, 4.69) is 4.90 Å². The summed E-state index contributed by atoms with van der Waals surface area (Å²) in [5.41, 5.74) is 1.10. The quantitative estimate of drug-likeness (QED) is 0.567. The summed E-state index contributed by atoms with van der Waals surface area (Å²) in [6.07, 6.45) is -5.70. The fourth-order valence-electron chi connectivity index (χ4n) is 3.32. The van der Waals surface area contributed by atoms with Gasteiger partial charge in [0.2, 0.25) is 6.29 Å². The van der Waals surface area contributed by atoms with Crippen LogP contribution in [-0.4, -0.2) is 83.3 Å². The van der Waals surface area contributed by atoms with E-state index in [-0.39, 0.29) is 0 Å². The first-order valence-electron chi connectivity index (χ1n) is 9.05. The van der Waals surface area contributed by atoms with E-state index in [1.807, 2.05) is 44.4 Å². The van der Waals surface area contributed by atoms with E-state index >= 15 is 0 Å². The van der Waals surface area contributed by atoms with Crippen LogP contribution in [-0.2, 0) is 11.2 Å². The second-order valence-corrected chi connectivity index (χ2v) is 7.14. The maximum absolute atomic E-state index is 10.3. The van der Waals surface area contributed by atoms with E-state index in [1.165, 1.54) is 0 Å². The molecule has 0 aliphatic carbocycles. The van der Waals surface area contributed by atoms with Crippen molar-refractivity contribution in [2.75, 3.05) is 27.2 Å². The highest BCUT2D eigenvalue weighted by molar-refractivity contribution is 5.91. The summed E-state index contributed by atoms with van der Waals surface area (Å²) in [6.45, 7) is 0.377. The minimum Gasteiger partial charge on any atom is -0.461 e. The van der Waals surface area contributed by atoms with E-state index in [4.69, 9.17) is 9.47 Å². The van der Waals surface area contributed by atoms with Crippen molar-refractivity contribution in [3.8, 4) is 5.75 Å². The van der Waals surface area contributed by atoms with Crippen LogP contribution in [0.5, 0.6) is 5.75 Å². The molecule has 0 saturated carbocycles. The van der Waals surface area contributed by atoms with Gasteiger partial charge >= 0.3 is 0 Å². The van der Waals surface area contributed by atoms with Gasteiger partial charge in [0.05, 0.1) is 6.61 Å². The zero-order valence-corrected chi connectivity index (χ0v) is 15.5. The van der Waals surface area contributed by atoms with E-state index in [1.54, 1.807) is 6.07 Å². The molecule has 0 spiro atoms. The van der Waals surface area contributed by atoms with Gasteiger partial charge in [-0.2, -0.15) is 0 Å². The van der Waals surface area contributed by atoms with Crippen molar-refractivity contribution in [3.05, 3.63) is 42.0 Å². The zero-order valence-electron chi connectivity index (χ0n) is 15.5. The minimum atomic E-state index is -1.47. The first-order valence-corrected chi connectivity index (χ1v) is 9.05. The number of aliphatic hydroxyl groups is 4. The van der Waals surface area contributed by atoms with Crippen LogP contribution in [0.1, 0.15) is 5.56 Å². The van der Waals surface area contributed by atoms with Crippen molar-refractivity contribution in [2.24, 2.45) is 0 Å². The van der Waals surface area contributed by atoms with Crippen LogP contribution in [0.25, 0.3) is 10.8 Å². The van der Waals surface area contributed by atoms with E-state index in [9.17, 15) is 20.4 Å². The third kappa shape index (κ3) is 4.24. The predicted octanol–water partition coefficient (Wildman–Crippen LogP) is 0.123. The number of ether oxygens (including phenoxy) is 2. The molecule has 148 valence electrons. The van der Waals surface area contributed by atoms with Crippen molar-refractivity contribution in [1.82, 2.24) is 4.90 Å². The molecule has 0 aromatic heterocycles. The van der Waals surface area contributed by atoms with Gasteiger partial charge in [0.1, 0.15) is 30.2 Å². The largest absolute Gasteiger partial charge is 0.461 e. The number of hydrogen-bond acceptors (Lipinski definition) is 7. The normalized spacial score (nSPS) is 28.6. The summed E-state index contributed by atoms with van der Waals surface area (Å²) in [7, 11) is 4.02. The van der Waals surface area contributed by atoms with Crippen molar-refractivity contribution in [3.63, 3.8) is 0 Å². The molecule has 1 fully saturated rings. The van der Waals surface area contributed by atoms with Gasteiger partial charge in [-0.15, -0.1) is 0 Å². The standard InChI is InChI=1S/C20H27NO6/c1-21(2)10-9-13-6-3-5-12-7-4-8-14(16(12)13)26-20-19(25)18(24)17(23)15(11-22)27-20/h3-8,15,17-20,22-25H,9-11H2,1-2H3/t15-,17-,18-,19-,20-/m1/s1. The van der Waals surface area contributed by atoms with Crippen LogP contribution in [0.4, 0.5) is 0 Å². The number of fused-ring (bicyclic) bond motifs is 1. The molecule has 3 rings (SSSR count). The molecule has 7 nitrogen and oxygen atoms in total. The first kappa shape index (κ1) is 20.0. The molecule has 27 heavy (non-hydrogen) atoms. The number of nitrogens with zero attached hydrogens (tertiary/aromatic N) is 1. The Morgan fingerprint density at radius 2 is 1.70 bits per heavy atom. The molecule has 0 radical (unpaired) electrons. The average molecular weight is 377 g/mol. The lowest BCUT2D eigenvalue weighted by molar-refractivity contribution is -0.277. The summed E-state index contributed by atoms with van der Waals surface area (Å²) in [5.74, 6) is 0.520. The lowest BCUT2D eigenvalue weighted by Gasteiger charge is -2.39. The molecule has 2 aromatic rings. The van der Waals surface area contributed by atoms with Gasteiger partial charge in [-0.1, -0.05) is 30.3 Å². The lowest BCUT2D eigenvalue weighted by Crippen LogP contribution is -2.60. The van der Waals surface area contributed by atoms with Gasteiger partial charge in [0.15, 0.2) is 0 Å². The van der Waals surface area contributed by atoms with Crippen LogP contribution >= 0.6 is 0 Å².